The zero-order valence-electron chi connectivity index (χ0n) is 12.2. The number of anilines is 2. The summed E-state index contributed by atoms with van der Waals surface area (Å²) in [5.41, 5.74) is 6.55. The number of urea groups is 1. The van der Waals surface area contributed by atoms with Crippen molar-refractivity contribution >= 4 is 29.0 Å². The number of carbonyl (C=O) groups is 2. The second-order valence-corrected chi connectivity index (χ2v) is 4.78. The maximum Gasteiger partial charge on any atom is 0.316 e. The van der Waals surface area contributed by atoms with Gasteiger partial charge in [-0.15, -0.1) is 0 Å². The molecule has 118 valence electrons. The van der Waals surface area contributed by atoms with Gasteiger partial charge in [0.25, 0.3) is 11.6 Å². The quantitative estimate of drug-likeness (QED) is 0.592. The molecule has 8 heteroatoms. The van der Waals surface area contributed by atoms with Crippen LogP contribution in [0, 0.1) is 17.0 Å². The third kappa shape index (κ3) is 4.03. The Morgan fingerprint density at radius 1 is 1.04 bits per heavy atom. The van der Waals surface area contributed by atoms with Crippen LogP contribution < -0.4 is 16.4 Å². The third-order valence-corrected chi connectivity index (χ3v) is 3.08. The molecule has 0 aromatic heterocycles. The summed E-state index contributed by atoms with van der Waals surface area (Å²) in [6.07, 6.45) is 0. The largest absolute Gasteiger partial charge is 0.351 e. The number of hydrogen-bond acceptors (Lipinski definition) is 4. The molecule has 0 radical (unpaired) electrons. The molecule has 0 saturated heterocycles. The minimum Gasteiger partial charge on any atom is -0.351 e. The summed E-state index contributed by atoms with van der Waals surface area (Å²) < 4.78 is 0. The van der Waals surface area contributed by atoms with Crippen LogP contribution in [0.3, 0.4) is 0 Å². The van der Waals surface area contributed by atoms with Gasteiger partial charge in [0.05, 0.1) is 4.92 Å². The number of rotatable bonds is 4. The van der Waals surface area contributed by atoms with Crippen molar-refractivity contribution in [1.82, 2.24) is 0 Å². The summed E-state index contributed by atoms with van der Waals surface area (Å²) in [7, 11) is 0. The van der Waals surface area contributed by atoms with E-state index in [-0.39, 0.29) is 5.69 Å². The van der Waals surface area contributed by atoms with Crippen molar-refractivity contribution in [3.05, 3.63) is 63.7 Å². The van der Waals surface area contributed by atoms with Gasteiger partial charge < -0.3 is 16.4 Å². The summed E-state index contributed by atoms with van der Waals surface area (Å²) in [4.78, 5) is 33.2. The number of aryl methyl sites for hydroxylation is 1. The molecule has 0 atom stereocenters. The lowest BCUT2D eigenvalue weighted by atomic mass is 10.1. The molecular weight excluding hydrogens is 300 g/mol. The number of nitrogens with zero attached hydrogens (tertiary/aromatic N) is 1. The highest BCUT2D eigenvalue weighted by molar-refractivity contribution is 6.04. The Morgan fingerprint density at radius 3 is 2.22 bits per heavy atom. The van der Waals surface area contributed by atoms with Gasteiger partial charge in [-0.3, -0.25) is 14.9 Å². The van der Waals surface area contributed by atoms with Gasteiger partial charge in [-0.1, -0.05) is 6.07 Å². The van der Waals surface area contributed by atoms with Gasteiger partial charge in [-0.2, -0.15) is 0 Å². The summed E-state index contributed by atoms with van der Waals surface area (Å²) in [6.45, 7) is 1.62. The molecule has 0 bridgehead atoms. The van der Waals surface area contributed by atoms with E-state index in [1.807, 2.05) is 0 Å². The smallest absolute Gasteiger partial charge is 0.316 e. The Labute approximate surface area is 131 Å². The molecule has 2 aromatic rings. The number of nitrogens with one attached hydrogen (secondary N) is 2. The van der Waals surface area contributed by atoms with Crippen LogP contribution in [0.25, 0.3) is 0 Å². The Balaban J connectivity index is 2.14. The molecule has 2 rings (SSSR count). The average molecular weight is 314 g/mol. The first kappa shape index (κ1) is 16.0. The Bertz CT molecular complexity index is 772. The first-order valence-corrected chi connectivity index (χ1v) is 6.60. The van der Waals surface area contributed by atoms with Gasteiger partial charge in [0.15, 0.2) is 0 Å². The molecule has 0 spiro atoms. The number of nitrogens with two attached hydrogens (primary N) is 1. The zero-order chi connectivity index (χ0) is 17.0. The highest BCUT2D eigenvalue weighted by atomic mass is 16.6. The van der Waals surface area contributed by atoms with Crippen LogP contribution in [0.15, 0.2) is 42.5 Å². The second-order valence-electron chi connectivity index (χ2n) is 4.78. The van der Waals surface area contributed by atoms with Gasteiger partial charge in [-0.25, -0.2) is 4.79 Å². The zero-order valence-corrected chi connectivity index (χ0v) is 12.2. The minimum absolute atomic E-state index is 0.0659. The molecule has 4 N–H and O–H groups in total. The Hall–Kier alpha value is -3.42. The number of nitro benzene ring substituents is 1. The van der Waals surface area contributed by atoms with E-state index >= 15 is 0 Å². The van der Waals surface area contributed by atoms with Crippen LogP contribution in [0.5, 0.6) is 0 Å². The molecule has 0 unspecified atom stereocenters. The van der Waals surface area contributed by atoms with E-state index in [9.17, 15) is 19.7 Å². The summed E-state index contributed by atoms with van der Waals surface area (Å²) >= 11 is 0. The normalized spacial score (nSPS) is 9.96. The molecule has 3 amide bonds. The first-order chi connectivity index (χ1) is 10.9. The van der Waals surface area contributed by atoms with Gasteiger partial charge in [0.2, 0.25) is 0 Å². The predicted octanol–water partition coefficient (Wildman–Crippen LogP) is 2.65. The monoisotopic (exact) mass is 314 g/mol. The van der Waals surface area contributed by atoms with Crippen molar-refractivity contribution in [2.24, 2.45) is 5.73 Å². The fourth-order valence-corrected chi connectivity index (χ4v) is 1.93. The van der Waals surface area contributed by atoms with Crippen molar-refractivity contribution in [2.75, 3.05) is 10.6 Å². The van der Waals surface area contributed by atoms with Gasteiger partial charge in [0, 0.05) is 28.6 Å². The van der Waals surface area contributed by atoms with Gasteiger partial charge in [-0.05, 0) is 37.3 Å². The molecule has 0 aliphatic rings. The molecule has 0 saturated carbocycles. The molecule has 0 aliphatic heterocycles. The van der Waals surface area contributed by atoms with E-state index < -0.39 is 16.9 Å². The topological polar surface area (TPSA) is 127 Å². The van der Waals surface area contributed by atoms with Crippen molar-refractivity contribution in [2.45, 2.75) is 6.92 Å². The van der Waals surface area contributed by atoms with E-state index in [2.05, 4.69) is 10.6 Å². The Kier molecular flexibility index (Phi) is 4.55. The van der Waals surface area contributed by atoms with Crippen LogP contribution in [-0.4, -0.2) is 16.9 Å². The van der Waals surface area contributed by atoms with Crippen molar-refractivity contribution in [3.63, 3.8) is 0 Å². The second kappa shape index (κ2) is 6.56. The summed E-state index contributed by atoms with van der Waals surface area (Å²) in [5.74, 6) is -0.422. The molecule has 8 nitrogen and oxygen atoms in total. The van der Waals surface area contributed by atoms with E-state index in [1.54, 1.807) is 19.1 Å². The third-order valence-electron chi connectivity index (χ3n) is 3.08. The Morgan fingerprint density at radius 2 is 1.65 bits per heavy atom. The van der Waals surface area contributed by atoms with Crippen molar-refractivity contribution in [1.29, 1.82) is 0 Å². The van der Waals surface area contributed by atoms with E-state index in [0.717, 1.165) is 0 Å². The molecule has 0 heterocycles. The van der Waals surface area contributed by atoms with Crippen molar-refractivity contribution < 1.29 is 14.5 Å². The van der Waals surface area contributed by atoms with E-state index in [4.69, 9.17) is 5.73 Å². The van der Waals surface area contributed by atoms with Crippen LogP contribution >= 0.6 is 0 Å². The number of benzene rings is 2. The van der Waals surface area contributed by atoms with Gasteiger partial charge >= 0.3 is 6.03 Å². The fraction of sp³-hybridized carbons (Fsp3) is 0.0667. The van der Waals surface area contributed by atoms with Crippen LogP contribution in [0.4, 0.5) is 21.9 Å². The summed E-state index contributed by atoms with van der Waals surface area (Å²) in [6, 6.07) is 9.81. The molecule has 23 heavy (non-hydrogen) atoms. The minimum atomic E-state index is -0.700. The van der Waals surface area contributed by atoms with Crippen molar-refractivity contribution in [3.8, 4) is 0 Å². The lowest BCUT2D eigenvalue weighted by Gasteiger charge is -2.07. The van der Waals surface area contributed by atoms with E-state index in [1.165, 1.54) is 30.3 Å². The molecule has 0 aliphatic carbocycles. The molecule has 0 fully saturated rings. The van der Waals surface area contributed by atoms with Gasteiger partial charge in [0.1, 0.15) is 0 Å². The number of carbonyl (C=O) groups excluding carboxylic acids is 2. The highest BCUT2D eigenvalue weighted by Gasteiger charge is 2.13. The molecule has 2 aromatic carbocycles. The number of amides is 3. The number of primary amides is 1. The standard InChI is InChI=1S/C15H14N4O4/c1-9-2-5-12(8-13(9)19(22)23)17-14(20)10-3-6-11(7-4-10)18-15(16)21/h2-8H,1H3,(H,17,20)(H3,16,18,21). The number of nitro groups is 1. The lowest BCUT2D eigenvalue weighted by molar-refractivity contribution is -0.385. The predicted molar refractivity (Wildman–Crippen MR) is 85.4 cm³/mol. The number of hydrogen-bond donors (Lipinski definition) is 3. The fourth-order valence-electron chi connectivity index (χ4n) is 1.93. The maximum absolute atomic E-state index is 12.1. The maximum atomic E-state index is 12.1. The van der Waals surface area contributed by atoms with E-state index in [0.29, 0.717) is 22.5 Å². The first-order valence-electron chi connectivity index (χ1n) is 6.60. The average Bonchev–Trinajstić information content (AvgIpc) is 2.49. The van der Waals surface area contributed by atoms with Crippen LogP contribution in [0.1, 0.15) is 15.9 Å². The van der Waals surface area contributed by atoms with Crippen LogP contribution in [0.2, 0.25) is 0 Å². The SMILES string of the molecule is Cc1ccc(NC(=O)c2ccc(NC(N)=O)cc2)cc1[N+](=O)[O-]. The highest BCUT2D eigenvalue weighted by Crippen LogP contribution is 2.22. The lowest BCUT2D eigenvalue weighted by Crippen LogP contribution is -2.19. The summed E-state index contributed by atoms with van der Waals surface area (Å²) in [5, 5.41) is 15.9. The van der Waals surface area contributed by atoms with Crippen LogP contribution in [-0.2, 0) is 0 Å². The molecular formula is C15H14N4O4.